The molecule has 0 aliphatic rings. The maximum absolute atomic E-state index is 12.7. The molecule has 0 atom stereocenters. The van der Waals surface area contributed by atoms with E-state index in [1.54, 1.807) is 11.8 Å². The van der Waals surface area contributed by atoms with Gasteiger partial charge in [0.15, 0.2) is 0 Å². The van der Waals surface area contributed by atoms with E-state index >= 15 is 0 Å². The van der Waals surface area contributed by atoms with Gasteiger partial charge in [-0.1, -0.05) is 18.2 Å². The molecule has 0 spiro atoms. The Morgan fingerprint density at radius 2 is 1.79 bits per heavy atom. The summed E-state index contributed by atoms with van der Waals surface area (Å²) in [6.07, 6.45) is -3.77. The number of carbonyl (C=O) groups excluding carboxylic acids is 1. The van der Waals surface area contributed by atoms with Crippen LogP contribution in [0.2, 0.25) is 0 Å². The Labute approximate surface area is 142 Å². The fraction of sp³-hybridized carbons (Fsp3) is 0.278. The molecule has 0 bridgehead atoms. The van der Waals surface area contributed by atoms with Crippen LogP contribution in [0.25, 0.3) is 0 Å². The summed E-state index contributed by atoms with van der Waals surface area (Å²) in [5, 5.41) is 9.65. The minimum atomic E-state index is -4.49. The predicted octanol–water partition coefficient (Wildman–Crippen LogP) is 5.10. The standard InChI is InChI=1S/C18H17F3O2S/c19-18(20,21)14-8-9-17(23)13(11-14)12-15(22)5-4-10-24-16-6-2-1-3-7-16/h1-3,6-9,11,23H,4-5,10,12H2. The lowest BCUT2D eigenvalue weighted by Crippen LogP contribution is -2.08. The van der Waals surface area contributed by atoms with Crippen molar-refractivity contribution in [2.45, 2.75) is 30.3 Å². The Morgan fingerprint density at radius 1 is 1.08 bits per heavy atom. The van der Waals surface area contributed by atoms with E-state index in [4.69, 9.17) is 0 Å². The maximum Gasteiger partial charge on any atom is 0.416 e. The van der Waals surface area contributed by atoms with Crippen LogP contribution in [0.1, 0.15) is 24.0 Å². The highest BCUT2D eigenvalue weighted by atomic mass is 32.2. The van der Waals surface area contributed by atoms with Gasteiger partial charge in [-0.3, -0.25) is 4.79 Å². The summed E-state index contributed by atoms with van der Waals surface area (Å²) in [5.41, 5.74) is -0.840. The lowest BCUT2D eigenvalue weighted by molar-refractivity contribution is -0.137. The van der Waals surface area contributed by atoms with E-state index in [2.05, 4.69) is 0 Å². The Morgan fingerprint density at radius 3 is 2.46 bits per heavy atom. The van der Waals surface area contributed by atoms with Crippen LogP contribution < -0.4 is 0 Å². The molecule has 0 heterocycles. The minimum absolute atomic E-state index is 0.0190. The Kier molecular flexibility index (Phi) is 6.31. The third kappa shape index (κ3) is 5.60. The van der Waals surface area contributed by atoms with E-state index < -0.39 is 11.7 Å². The van der Waals surface area contributed by atoms with Crippen LogP contribution in [0.4, 0.5) is 13.2 Å². The third-order valence-electron chi connectivity index (χ3n) is 3.41. The zero-order chi connectivity index (χ0) is 17.6. The summed E-state index contributed by atoms with van der Waals surface area (Å²) in [5.74, 6) is 0.290. The topological polar surface area (TPSA) is 37.3 Å². The molecule has 0 amide bonds. The molecule has 0 aliphatic heterocycles. The number of aromatic hydroxyl groups is 1. The van der Waals surface area contributed by atoms with Crippen molar-refractivity contribution in [2.24, 2.45) is 0 Å². The molecule has 6 heteroatoms. The first-order valence-corrected chi connectivity index (χ1v) is 8.43. The van der Waals surface area contributed by atoms with Gasteiger partial charge in [0.05, 0.1) is 5.56 Å². The number of ketones is 1. The lowest BCUT2D eigenvalue weighted by atomic mass is 10.0. The number of benzene rings is 2. The number of phenolic OH excluding ortho intramolecular Hbond substituents is 1. The van der Waals surface area contributed by atoms with Crippen molar-refractivity contribution >= 4 is 17.5 Å². The maximum atomic E-state index is 12.7. The zero-order valence-electron chi connectivity index (χ0n) is 12.8. The number of alkyl halides is 3. The second kappa shape index (κ2) is 8.24. The quantitative estimate of drug-likeness (QED) is 0.555. The Hall–Kier alpha value is -1.95. The molecule has 128 valence electrons. The molecular weight excluding hydrogens is 337 g/mol. The number of hydrogen-bond acceptors (Lipinski definition) is 3. The molecule has 0 aliphatic carbocycles. The second-order valence-electron chi connectivity index (χ2n) is 5.32. The first kappa shape index (κ1) is 18.4. The van der Waals surface area contributed by atoms with E-state index in [1.807, 2.05) is 30.3 Å². The van der Waals surface area contributed by atoms with Crippen molar-refractivity contribution in [1.29, 1.82) is 0 Å². The van der Waals surface area contributed by atoms with E-state index in [1.165, 1.54) is 0 Å². The fourth-order valence-electron chi connectivity index (χ4n) is 2.18. The molecule has 0 aromatic heterocycles. The molecule has 0 fully saturated rings. The van der Waals surface area contributed by atoms with Crippen LogP contribution in [0.5, 0.6) is 5.75 Å². The Bertz CT molecular complexity index is 684. The molecule has 0 saturated carbocycles. The smallest absolute Gasteiger partial charge is 0.416 e. The van der Waals surface area contributed by atoms with Crippen molar-refractivity contribution in [3.63, 3.8) is 0 Å². The van der Waals surface area contributed by atoms with E-state index in [0.29, 0.717) is 6.42 Å². The highest BCUT2D eigenvalue weighted by molar-refractivity contribution is 7.99. The van der Waals surface area contributed by atoms with Gasteiger partial charge in [-0.25, -0.2) is 0 Å². The lowest BCUT2D eigenvalue weighted by Gasteiger charge is -2.10. The van der Waals surface area contributed by atoms with Crippen LogP contribution in [0.3, 0.4) is 0 Å². The summed E-state index contributed by atoms with van der Waals surface area (Å²) < 4.78 is 38.0. The summed E-state index contributed by atoms with van der Waals surface area (Å²) in [6.45, 7) is 0. The Balaban J connectivity index is 1.84. The second-order valence-corrected chi connectivity index (χ2v) is 6.49. The van der Waals surface area contributed by atoms with Gasteiger partial charge >= 0.3 is 6.18 Å². The summed E-state index contributed by atoms with van der Waals surface area (Å²) in [6, 6.07) is 12.4. The zero-order valence-corrected chi connectivity index (χ0v) is 13.7. The average molecular weight is 354 g/mol. The van der Waals surface area contributed by atoms with Crippen LogP contribution in [0.15, 0.2) is 53.4 Å². The van der Waals surface area contributed by atoms with Gasteiger partial charge in [-0.15, -0.1) is 11.8 Å². The molecule has 2 aromatic carbocycles. The normalized spacial score (nSPS) is 11.5. The average Bonchev–Trinajstić information content (AvgIpc) is 2.53. The third-order valence-corrected chi connectivity index (χ3v) is 4.50. The first-order chi connectivity index (χ1) is 11.4. The van der Waals surface area contributed by atoms with Gasteiger partial charge in [-0.2, -0.15) is 13.2 Å². The van der Waals surface area contributed by atoms with Crippen molar-refractivity contribution in [3.8, 4) is 5.75 Å². The SMILES string of the molecule is O=C(CCCSc1ccccc1)Cc1cc(C(F)(F)F)ccc1O. The van der Waals surface area contributed by atoms with Crippen LogP contribution in [-0.2, 0) is 17.4 Å². The van der Waals surface area contributed by atoms with Crippen LogP contribution >= 0.6 is 11.8 Å². The molecule has 0 saturated heterocycles. The minimum Gasteiger partial charge on any atom is -0.508 e. The monoisotopic (exact) mass is 354 g/mol. The number of phenols is 1. The number of Topliss-reactive ketones (excluding diaryl/α,β-unsaturated/α-hetero) is 1. The summed E-state index contributed by atoms with van der Waals surface area (Å²) in [4.78, 5) is 13.0. The molecular formula is C18H17F3O2S. The predicted molar refractivity (Wildman–Crippen MR) is 88.2 cm³/mol. The van der Waals surface area contributed by atoms with E-state index in [9.17, 15) is 23.1 Å². The summed E-state index contributed by atoms with van der Waals surface area (Å²) >= 11 is 1.63. The molecule has 2 nitrogen and oxygen atoms in total. The fourth-order valence-corrected chi connectivity index (χ4v) is 3.05. The van der Waals surface area contributed by atoms with Gasteiger partial charge in [-0.05, 0) is 42.5 Å². The highest BCUT2D eigenvalue weighted by Crippen LogP contribution is 2.32. The van der Waals surface area contributed by atoms with E-state index in [-0.39, 0.29) is 29.9 Å². The number of carbonyl (C=O) groups is 1. The van der Waals surface area contributed by atoms with Crippen molar-refractivity contribution in [3.05, 3.63) is 59.7 Å². The van der Waals surface area contributed by atoms with Gasteiger partial charge in [0, 0.05) is 23.3 Å². The molecule has 0 radical (unpaired) electrons. The summed E-state index contributed by atoms with van der Waals surface area (Å²) in [7, 11) is 0. The molecule has 1 N–H and O–H groups in total. The number of halogens is 3. The van der Waals surface area contributed by atoms with E-state index in [0.717, 1.165) is 28.8 Å². The molecule has 24 heavy (non-hydrogen) atoms. The molecule has 2 aromatic rings. The molecule has 2 rings (SSSR count). The van der Waals surface area contributed by atoms with Gasteiger partial charge in [0.2, 0.25) is 0 Å². The van der Waals surface area contributed by atoms with Crippen molar-refractivity contribution in [2.75, 3.05) is 5.75 Å². The van der Waals surface area contributed by atoms with Crippen LogP contribution in [0, 0.1) is 0 Å². The highest BCUT2D eigenvalue weighted by Gasteiger charge is 2.31. The largest absolute Gasteiger partial charge is 0.508 e. The van der Waals surface area contributed by atoms with Crippen LogP contribution in [-0.4, -0.2) is 16.6 Å². The number of hydrogen-bond donors (Lipinski definition) is 1. The van der Waals surface area contributed by atoms with Gasteiger partial charge < -0.3 is 5.11 Å². The number of thioether (sulfide) groups is 1. The first-order valence-electron chi connectivity index (χ1n) is 7.45. The van der Waals surface area contributed by atoms with Gasteiger partial charge in [0.25, 0.3) is 0 Å². The van der Waals surface area contributed by atoms with Gasteiger partial charge in [0.1, 0.15) is 11.5 Å². The van der Waals surface area contributed by atoms with Crippen molar-refractivity contribution < 1.29 is 23.1 Å². The van der Waals surface area contributed by atoms with Crippen molar-refractivity contribution in [1.82, 2.24) is 0 Å². The number of rotatable bonds is 7. The molecule has 0 unspecified atom stereocenters.